The van der Waals surface area contributed by atoms with Crippen molar-refractivity contribution >= 4 is 0 Å². The Kier molecular flexibility index (Phi) is 11.8. The SMILES string of the molecule is C[11C](C)([O-])[O-].[Li+].[Li+]. The normalized spacial score (nSPS) is 8.57. The third-order valence-corrected chi connectivity index (χ3v) is 0. The van der Waals surface area contributed by atoms with Crippen LogP contribution < -0.4 is 47.9 Å². The molecule has 0 unspecified atom stereocenters. The summed E-state index contributed by atoms with van der Waals surface area (Å²) in [6.45, 7) is 2.15. The Labute approximate surface area is 67.7 Å². The maximum Gasteiger partial charge on any atom is 1.00 e. The van der Waals surface area contributed by atoms with Crippen LogP contribution in [0, 0.1) is 0 Å². The van der Waals surface area contributed by atoms with Crippen molar-refractivity contribution in [3.63, 3.8) is 0 Å². The minimum absolute atomic E-state index is 0. The number of rotatable bonds is 0. The zero-order chi connectivity index (χ0) is 4.50. The molecule has 32 valence electrons. The quantitative estimate of drug-likeness (QED) is 0.217. The van der Waals surface area contributed by atoms with Gasteiger partial charge in [0.25, 0.3) is 0 Å². The van der Waals surface area contributed by atoms with Crippen molar-refractivity contribution in [2.45, 2.75) is 19.6 Å². The standard InChI is InChI=1S/C3H6O2.2Li/c1-3(2,4)5;;/h1-2H3;;/q-2;2*+1/i3-1;;. The molecule has 0 saturated carbocycles. The van der Waals surface area contributed by atoms with Crippen LogP contribution >= 0.6 is 0 Å². The molecule has 0 atom stereocenters. The van der Waals surface area contributed by atoms with Gasteiger partial charge in [-0.25, -0.2) is 5.79 Å². The third kappa shape index (κ3) is 150. The zero-order valence-electron chi connectivity index (χ0n) is 5.32. The molecule has 0 fully saturated rings. The summed E-state index contributed by atoms with van der Waals surface area (Å²) in [5.41, 5.74) is 0. The molecule has 0 N–H and O–H groups in total. The van der Waals surface area contributed by atoms with Crippen LogP contribution in [0.2, 0.25) is 0 Å². The Hall–Kier alpha value is 1.11. The number of hydrogen-bond donors (Lipinski definition) is 0. The first-order valence-corrected chi connectivity index (χ1v) is 1.41. The summed E-state index contributed by atoms with van der Waals surface area (Å²) in [5, 5.41) is 19.1. The summed E-state index contributed by atoms with van der Waals surface area (Å²) in [4.78, 5) is 0. The van der Waals surface area contributed by atoms with E-state index in [1.165, 1.54) is 0 Å². The average Bonchev–Trinajstić information content (AvgIpc) is 0.722. The first-order chi connectivity index (χ1) is 2.00. The van der Waals surface area contributed by atoms with Crippen molar-refractivity contribution in [2.24, 2.45) is 0 Å². The molecule has 0 saturated heterocycles. The van der Waals surface area contributed by atoms with Crippen LogP contribution in [0.5, 0.6) is 0 Å². The summed E-state index contributed by atoms with van der Waals surface area (Å²) >= 11 is 0. The van der Waals surface area contributed by atoms with Gasteiger partial charge in [0.1, 0.15) is 0 Å². The van der Waals surface area contributed by atoms with Gasteiger partial charge in [-0.05, 0) is 0 Å². The Balaban J connectivity index is -0.0000000800. The van der Waals surface area contributed by atoms with Crippen molar-refractivity contribution in [3.05, 3.63) is 0 Å². The summed E-state index contributed by atoms with van der Waals surface area (Å²) in [7, 11) is 0. The first kappa shape index (κ1) is 15.7. The molecule has 0 aliphatic rings. The molecular weight excluding hydrogens is 80.9 g/mol. The van der Waals surface area contributed by atoms with Gasteiger partial charge >= 0.3 is 37.7 Å². The average molecular weight is 87.0 g/mol. The Morgan fingerprint density at radius 2 is 1.00 bits per heavy atom. The molecule has 4 heteroatoms. The van der Waals surface area contributed by atoms with Gasteiger partial charge in [-0.3, -0.25) is 0 Å². The largest absolute Gasteiger partial charge is 1.00 e. The summed E-state index contributed by atoms with van der Waals surface area (Å²) in [6.07, 6.45) is 0. The minimum atomic E-state index is -2.00. The fourth-order valence-electron chi connectivity index (χ4n) is 0. The maximum atomic E-state index is 9.55. The van der Waals surface area contributed by atoms with Gasteiger partial charge < -0.3 is 10.2 Å². The molecule has 0 bridgehead atoms. The van der Waals surface area contributed by atoms with Crippen molar-refractivity contribution in [1.29, 1.82) is 0 Å². The fraction of sp³-hybridized carbons (Fsp3) is 1.00. The van der Waals surface area contributed by atoms with E-state index in [-0.39, 0.29) is 37.7 Å². The molecule has 0 heterocycles. The van der Waals surface area contributed by atoms with E-state index in [2.05, 4.69) is 0 Å². The van der Waals surface area contributed by atoms with Crippen molar-refractivity contribution < 1.29 is 47.9 Å². The molecule has 0 aliphatic heterocycles. The predicted octanol–water partition coefficient (Wildman–Crippen LogP) is -7.55. The van der Waals surface area contributed by atoms with Gasteiger partial charge in [-0.2, -0.15) is 0 Å². The van der Waals surface area contributed by atoms with Crippen LogP contribution in [0.3, 0.4) is 0 Å². The molecule has 0 rings (SSSR count). The van der Waals surface area contributed by atoms with Gasteiger partial charge in [-0.15, -0.1) is 0 Å². The molecule has 0 aromatic heterocycles. The minimum Gasteiger partial charge on any atom is -0.863 e. The fourth-order valence-corrected chi connectivity index (χ4v) is 0. The van der Waals surface area contributed by atoms with Crippen molar-refractivity contribution in [2.75, 3.05) is 0 Å². The molecule has 7 heavy (non-hydrogen) atoms. The first-order valence-electron chi connectivity index (χ1n) is 1.41. The molecule has 0 aromatic carbocycles. The zero-order valence-corrected chi connectivity index (χ0v) is 5.32. The third-order valence-electron chi connectivity index (χ3n) is 0. The molecule has 0 radical (unpaired) electrons. The second kappa shape index (κ2) is 5.26. The molecule has 0 amide bonds. The van der Waals surface area contributed by atoms with E-state index in [1.807, 2.05) is 0 Å². The monoisotopic (exact) mass is 87.1 g/mol. The number of hydrogen-bond acceptors (Lipinski definition) is 2. The van der Waals surface area contributed by atoms with E-state index in [4.69, 9.17) is 0 Å². The van der Waals surface area contributed by atoms with Crippen molar-refractivity contribution in [1.82, 2.24) is 0 Å². The van der Waals surface area contributed by atoms with E-state index < -0.39 is 5.79 Å². The van der Waals surface area contributed by atoms with Crippen LogP contribution in [-0.4, -0.2) is 5.79 Å². The van der Waals surface area contributed by atoms with E-state index >= 15 is 0 Å². The van der Waals surface area contributed by atoms with Gasteiger partial charge in [0.15, 0.2) is 0 Å². The summed E-state index contributed by atoms with van der Waals surface area (Å²) < 4.78 is 0. The van der Waals surface area contributed by atoms with E-state index in [0.29, 0.717) is 0 Å². The molecule has 2 nitrogen and oxygen atoms in total. The van der Waals surface area contributed by atoms with Crippen molar-refractivity contribution in [3.8, 4) is 0 Å². The predicted molar refractivity (Wildman–Crippen MR) is 14.1 cm³/mol. The second-order valence-corrected chi connectivity index (χ2v) is 1.40. The van der Waals surface area contributed by atoms with E-state index in [9.17, 15) is 10.2 Å². The van der Waals surface area contributed by atoms with Crippen LogP contribution in [0.15, 0.2) is 0 Å². The molecular formula is C3H6Li2O2. The topological polar surface area (TPSA) is 46.1 Å². The van der Waals surface area contributed by atoms with Crippen LogP contribution in [0.1, 0.15) is 13.8 Å². The summed E-state index contributed by atoms with van der Waals surface area (Å²) in [5.74, 6) is -2.00. The maximum absolute atomic E-state index is 9.55. The van der Waals surface area contributed by atoms with Gasteiger partial charge in [0, 0.05) is 0 Å². The van der Waals surface area contributed by atoms with E-state index in [0.717, 1.165) is 13.8 Å². The van der Waals surface area contributed by atoms with Gasteiger partial charge in [-0.1, -0.05) is 13.8 Å². The second-order valence-electron chi connectivity index (χ2n) is 1.40. The molecule has 0 aliphatic carbocycles. The van der Waals surface area contributed by atoms with E-state index in [1.54, 1.807) is 0 Å². The smallest absolute Gasteiger partial charge is 0.863 e. The van der Waals surface area contributed by atoms with Crippen LogP contribution in [-0.2, 0) is 0 Å². The Bertz CT molecular complexity index is 26.4. The molecule has 0 aromatic rings. The van der Waals surface area contributed by atoms with Gasteiger partial charge in [0.05, 0.1) is 0 Å². The van der Waals surface area contributed by atoms with Crippen LogP contribution in [0.4, 0.5) is 0 Å². The Morgan fingerprint density at radius 3 is 1.00 bits per heavy atom. The Morgan fingerprint density at radius 1 is 1.00 bits per heavy atom. The molecule has 0 spiro atoms. The van der Waals surface area contributed by atoms with Crippen LogP contribution in [0.25, 0.3) is 0 Å². The van der Waals surface area contributed by atoms with Gasteiger partial charge in [0.2, 0.25) is 0 Å². The summed E-state index contributed by atoms with van der Waals surface area (Å²) in [6, 6.07) is 0.